The Morgan fingerprint density at radius 1 is 1.10 bits per heavy atom. The molecule has 0 aliphatic heterocycles. The van der Waals surface area contributed by atoms with Crippen LogP contribution in [-0.2, 0) is 0 Å². The summed E-state index contributed by atoms with van der Waals surface area (Å²) in [5, 5.41) is 3.82. The highest BCUT2D eigenvalue weighted by atomic mass is 35.5. The number of aromatic nitrogens is 1. The van der Waals surface area contributed by atoms with Gasteiger partial charge < -0.3 is 14.8 Å². The summed E-state index contributed by atoms with van der Waals surface area (Å²) in [5.74, 6) is 1.45. The molecular formula is C15H17ClN2O2. The number of pyridine rings is 1. The molecular weight excluding hydrogens is 276 g/mol. The Morgan fingerprint density at radius 3 is 2.25 bits per heavy atom. The van der Waals surface area contributed by atoms with E-state index in [0.717, 1.165) is 22.8 Å². The average molecular weight is 293 g/mol. The van der Waals surface area contributed by atoms with E-state index in [1.54, 1.807) is 26.5 Å². The van der Waals surface area contributed by atoms with Gasteiger partial charge in [-0.15, -0.1) is 0 Å². The van der Waals surface area contributed by atoms with E-state index < -0.39 is 0 Å². The van der Waals surface area contributed by atoms with Gasteiger partial charge in [0.1, 0.15) is 11.5 Å². The largest absolute Gasteiger partial charge is 0.496 e. The van der Waals surface area contributed by atoms with Crippen molar-refractivity contribution in [2.24, 2.45) is 0 Å². The van der Waals surface area contributed by atoms with E-state index in [4.69, 9.17) is 21.1 Å². The summed E-state index contributed by atoms with van der Waals surface area (Å²) in [6, 6.07) is 9.06. The van der Waals surface area contributed by atoms with Crippen molar-refractivity contribution in [2.75, 3.05) is 21.3 Å². The minimum absolute atomic E-state index is 0.213. The highest BCUT2D eigenvalue weighted by molar-refractivity contribution is 6.31. The fourth-order valence-electron chi connectivity index (χ4n) is 2.19. The number of hydrogen-bond acceptors (Lipinski definition) is 4. The molecule has 0 radical (unpaired) electrons. The fourth-order valence-corrected chi connectivity index (χ4v) is 2.42. The zero-order chi connectivity index (χ0) is 14.5. The SMILES string of the molecule is CNC(c1ncccc1Cl)c1c(OC)cccc1OC. The summed E-state index contributed by atoms with van der Waals surface area (Å²) < 4.78 is 10.9. The molecule has 0 amide bonds. The van der Waals surface area contributed by atoms with Gasteiger partial charge in [0.15, 0.2) is 0 Å². The van der Waals surface area contributed by atoms with Crippen LogP contribution in [0.1, 0.15) is 17.3 Å². The molecule has 1 atom stereocenters. The highest BCUT2D eigenvalue weighted by Gasteiger charge is 2.24. The van der Waals surface area contributed by atoms with Gasteiger partial charge in [-0.25, -0.2) is 0 Å². The van der Waals surface area contributed by atoms with E-state index in [9.17, 15) is 0 Å². The molecule has 20 heavy (non-hydrogen) atoms. The summed E-state index contributed by atoms with van der Waals surface area (Å²) in [7, 11) is 5.11. The van der Waals surface area contributed by atoms with E-state index in [1.807, 2.05) is 31.3 Å². The van der Waals surface area contributed by atoms with Gasteiger partial charge in [0.05, 0.1) is 36.5 Å². The third kappa shape index (κ3) is 2.71. The zero-order valence-corrected chi connectivity index (χ0v) is 12.4. The average Bonchev–Trinajstić information content (AvgIpc) is 2.49. The molecule has 1 unspecified atom stereocenters. The molecule has 2 aromatic rings. The van der Waals surface area contributed by atoms with Crippen molar-refractivity contribution < 1.29 is 9.47 Å². The number of methoxy groups -OCH3 is 2. The molecule has 0 spiro atoms. The normalized spacial score (nSPS) is 12.0. The molecule has 106 valence electrons. The quantitative estimate of drug-likeness (QED) is 0.920. The van der Waals surface area contributed by atoms with Crippen LogP contribution in [0.4, 0.5) is 0 Å². The van der Waals surface area contributed by atoms with Crippen molar-refractivity contribution >= 4 is 11.6 Å². The molecule has 0 bridgehead atoms. The Kier molecular flexibility index (Phi) is 4.82. The van der Waals surface area contributed by atoms with Crippen LogP contribution in [-0.4, -0.2) is 26.3 Å². The summed E-state index contributed by atoms with van der Waals surface area (Å²) in [6.45, 7) is 0. The van der Waals surface area contributed by atoms with Crippen molar-refractivity contribution in [1.29, 1.82) is 0 Å². The summed E-state index contributed by atoms with van der Waals surface area (Å²) in [6.07, 6.45) is 1.72. The van der Waals surface area contributed by atoms with Crippen LogP contribution in [0.15, 0.2) is 36.5 Å². The Bertz CT molecular complexity index is 568. The number of benzene rings is 1. The second-order valence-electron chi connectivity index (χ2n) is 4.17. The van der Waals surface area contributed by atoms with Gasteiger partial charge in [-0.1, -0.05) is 17.7 Å². The topological polar surface area (TPSA) is 43.4 Å². The summed E-state index contributed by atoms with van der Waals surface area (Å²) >= 11 is 6.25. The minimum atomic E-state index is -0.213. The number of hydrogen-bond donors (Lipinski definition) is 1. The Balaban J connectivity index is 2.60. The van der Waals surface area contributed by atoms with E-state index in [1.165, 1.54) is 0 Å². The molecule has 2 rings (SSSR count). The fraction of sp³-hybridized carbons (Fsp3) is 0.267. The predicted molar refractivity (Wildman–Crippen MR) is 79.7 cm³/mol. The van der Waals surface area contributed by atoms with Crippen molar-refractivity contribution in [3.63, 3.8) is 0 Å². The Hall–Kier alpha value is -1.78. The zero-order valence-electron chi connectivity index (χ0n) is 11.7. The van der Waals surface area contributed by atoms with Gasteiger partial charge in [-0.05, 0) is 31.3 Å². The number of rotatable bonds is 5. The highest BCUT2D eigenvalue weighted by Crippen LogP contribution is 2.38. The minimum Gasteiger partial charge on any atom is -0.496 e. The monoisotopic (exact) mass is 292 g/mol. The molecule has 0 fully saturated rings. The van der Waals surface area contributed by atoms with Crippen LogP contribution in [0.2, 0.25) is 5.02 Å². The first kappa shape index (κ1) is 14.6. The third-order valence-electron chi connectivity index (χ3n) is 3.10. The third-order valence-corrected chi connectivity index (χ3v) is 3.42. The maximum absolute atomic E-state index is 6.25. The molecule has 1 aromatic heterocycles. The molecule has 0 saturated heterocycles. The van der Waals surface area contributed by atoms with Gasteiger partial charge in [0.25, 0.3) is 0 Å². The smallest absolute Gasteiger partial charge is 0.127 e. The Labute approximate surface area is 123 Å². The molecule has 1 heterocycles. The lowest BCUT2D eigenvalue weighted by Gasteiger charge is -2.22. The molecule has 1 aromatic carbocycles. The van der Waals surface area contributed by atoms with Gasteiger partial charge in [0, 0.05) is 6.20 Å². The Morgan fingerprint density at radius 2 is 1.75 bits per heavy atom. The van der Waals surface area contributed by atoms with E-state index in [2.05, 4.69) is 10.3 Å². The maximum Gasteiger partial charge on any atom is 0.127 e. The molecule has 0 saturated carbocycles. The number of nitrogens with zero attached hydrogens (tertiary/aromatic N) is 1. The van der Waals surface area contributed by atoms with Crippen LogP contribution in [0.25, 0.3) is 0 Å². The summed E-state index contributed by atoms with van der Waals surface area (Å²) in [4.78, 5) is 4.37. The van der Waals surface area contributed by atoms with Crippen LogP contribution >= 0.6 is 11.6 Å². The van der Waals surface area contributed by atoms with E-state index in [0.29, 0.717) is 5.02 Å². The lowest BCUT2D eigenvalue weighted by atomic mass is 10.0. The lowest BCUT2D eigenvalue weighted by Crippen LogP contribution is -2.20. The van der Waals surface area contributed by atoms with Crippen molar-refractivity contribution in [2.45, 2.75) is 6.04 Å². The first-order valence-corrected chi connectivity index (χ1v) is 6.59. The molecule has 0 aliphatic rings. The standard InChI is InChI=1S/C15H17ClN2O2/c1-17-15(14-10(16)6-5-9-18-14)13-11(19-2)7-4-8-12(13)20-3/h4-9,15,17H,1-3H3. The van der Waals surface area contributed by atoms with Crippen LogP contribution in [0.3, 0.4) is 0 Å². The van der Waals surface area contributed by atoms with Crippen molar-refractivity contribution in [3.05, 3.63) is 52.8 Å². The first-order valence-electron chi connectivity index (χ1n) is 6.21. The molecule has 5 heteroatoms. The second kappa shape index (κ2) is 6.59. The van der Waals surface area contributed by atoms with Gasteiger partial charge in [-0.3, -0.25) is 4.98 Å². The van der Waals surface area contributed by atoms with Crippen LogP contribution in [0.5, 0.6) is 11.5 Å². The second-order valence-corrected chi connectivity index (χ2v) is 4.58. The molecule has 0 aliphatic carbocycles. The molecule has 1 N–H and O–H groups in total. The lowest BCUT2D eigenvalue weighted by molar-refractivity contribution is 0.378. The number of nitrogens with one attached hydrogen (secondary N) is 1. The van der Waals surface area contributed by atoms with E-state index >= 15 is 0 Å². The number of ether oxygens (including phenoxy) is 2. The molecule has 4 nitrogen and oxygen atoms in total. The van der Waals surface area contributed by atoms with E-state index in [-0.39, 0.29) is 6.04 Å². The van der Waals surface area contributed by atoms with Crippen molar-refractivity contribution in [1.82, 2.24) is 10.3 Å². The van der Waals surface area contributed by atoms with Crippen molar-refractivity contribution in [3.8, 4) is 11.5 Å². The summed E-state index contributed by atoms with van der Waals surface area (Å²) in [5.41, 5.74) is 1.61. The van der Waals surface area contributed by atoms with Gasteiger partial charge in [0.2, 0.25) is 0 Å². The van der Waals surface area contributed by atoms with Crippen LogP contribution in [0, 0.1) is 0 Å². The first-order chi connectivity index (χ1) is 9.72. The predicted octanol–water partition coefficient (Wildman–Crippen LogP) is 3.06. The van der Waals surface area contributed by atoms with Crippen LogP contribution < -0.4 is 14.8 Å². The number of halogens is 1. The van der Waals surface area contributed by atoms with Gasteiger partial charge >= 0.3 is 0 Å². The maximum atomic E-state index is 6.25. The van der Waals surface area contributed by atoms with Gasteiger partial charge in [-0.2, -0.15) is 0 Å².